The van der Waals surface area contributed by atoms with Crippen LogP contribution in [0.3, 0.4) is 0 Å². The van der Waals surface area contributed by atoms with E-state index in [-0.39, 0.29) is 35.8 Å². The van der Waals surface area contributed by atoms with Gasteiger partial charge in [0.25, 0.3) is 0 Å². The van der Waals surface area contributed by atoms with E-state index in [1.165, 1.54) is 19.3 Å². The third-order valence-electron chi connectivity index (χ3n) is 6.69. The lowest BCUT2D eigenvalue weighted by Crippen LogP contribution is -2.53. The Morgan fingerprint density at radius 3 is 2.60 bits per heavy atom. The van der Waals surface area contributed by atoms with E-state index in [9.17, 15) is 0 Å². The zero-order valence-corrected chi connectivity index (χ0v) is 15.4. The van der Waals surface area contributed by atoms with E-state index in [0.717, 1.165) is 44.9 Å². The molecule has 0 radical (unpaired) electrons. The van der Waals surface area contributed by atoms with Gasteiger partial charge >= 0.3 is 0 Å². The monoisotopic (exact) mass is 349 g/mol. The van der Waals surface area contributed by atoms with Crippen molar-refractivity contribution >= 4 is 0 Å². The van der Waals surface area contributed by atoms with E-state index in [4.69, 9.17) is 24.2 Å². The largest absolute Gasteiger partial charge is 0.372 e. The number of rotatable bonds is 3. The minimum atomic E-state index is -0.367. The smallest absolute Gasteiger partial charge is 0.169 e. The quantitative estimate of drug-likeness (QED) is 0.774. The highest BCUT2D eigenvalue weighted by molar-refractivity contribution is 5.02. The molecule has 0 amide bonds. The van der Waals surface area contributed by atoms with Gasteiger partial charge in [0.05, 0.1) is 36.6 Å². The van der Waals surface area contributed by atoms with Crippen molar-refractivity contribution in [2.75, 3.05) is 6.61 Å². The lowest BCUT2D eigenvalue weighted by Gasteiger charge is -2.46. The maximum atomic E-state index is 8.89. The molecule has 25 heavy (non-hydrogen) atoms. The minimum Gasteiger partial charge on any atom is -0.372 e. The lowest BCUT2D eigenvalue weighted by atomic mass is 9.81. The van der Waals surface area contributed by atoms with E-state index >= 15 is 0 Å². The first-order chi connectivity index (χ1) is 12.2. The van der Waals surface area contributed by atoms with Gasteiger partial charge in [-0.15, -0.1) is 0 Å². The van der Waals surface area contributed by atoms with Crippen LogP contribution in [-0.4, -0.2) is 42.4 Å². The minimum absolute atomic E-state index is 0.0354. The van der Waals surface area contributed by atoms with Crippen molar-refractivity contribution in [1.29, 1.82) is 5.26 Å². The summed E-state index contributed by atoms with van der Waals surface area (Å²) in [5.74, 6) is -0.367. The maximum Gasteiger partial charge on any atom is 0.169 e. The number of hydrogen-bond donors (Lipinski definition) is 0. The zero-order chi connectivity index (χ0) is 17.3. The molecule has 3 heterocycles. The van der Waals surface area contributed by atoms with Crippen LogP contribution in [0, 0.1) is 11.3 Å². The lowest BCUT2D eigenvalue weighted by molar-refractivity contribution is -0.238. The van der Waals surface area contributed by atoms with Crippen LogP contribution in [0.2, 0.25) is 0 Å². The highest BCUT2D eigenvalue weighted by atomic mass is 16.8. The normalized spacial score (nSPS) is 43.0. The van der Waals surface area contributed by atoms with Gasteiger partial charge in [0.15, 0.2) is 5.79 Å². The van der Waals surface area contributed by atoms with E-state index in [1.54, 1.807) is 0 Å². The molecule has 0 bridgehead atoms. The van der Waals surface area contributed by atoms with Gasteiger partial charge < -0.3 is 18.9 Å². The highest BCUT2D eigenvalue weighted by Crippen LogP contribution is 2.48. The highest BCUT2D eigenvalue weighted by Gasteiger charge is 2.56. The molecule has 0 aromatic rings. The molecule has 4 rings (SSSR count). The van der Waals surface area contributed by atoms with Crippen molar-refractivity contribution in [3.05, 3.63) is 0 Å². The fourth-order valence-electron chi connectivity index (χ4n) is 5.29. The van der Waals surface area contributed by atoms with Crippen molar-refractivity contribution in [3.63, 3.8) is 0 Å². The second-order valence-corrected chi connectivity index (χ2v) is 8.24. The van der Waals surface area contributed by atoms with Crippen LogP contribution < -0.4 is 0 Å². The number of nitriles is 1. The Labute approximate surface area is 150 Å². The van der Waals surface area contributed by atoms with Crippen molar-refractivity contribution in [3.8, 4) is 6.07 Å². The molecule has 4 fully saturated rings. The van der Waals surface area contributed by atoms with Gasteiger partial charge in [-0.2, -0.15) is 5.26 Å². The van der Waals surface area contributed by atoms with Crippen LogP contribution in [0.5, 0.6) is 0 Å². The third kappa shape index (κ3) is 3.35. The Kier molecular flexibility index (Phi) is 5.07. The van der Waals surface area contributed by atoms with Gasteiger partial charge in [0.2, 0.25) is 0 Å². The molecule has 0 N–H and O–H groups in total. The van der Waals surface area contributed by atoms with E-state index < -0.39 is 0 Å². The van der Waals surface area contributed by atoms with Gasteiger partial charge in [0, 0.05) is 25.7 Å². The first-order valence-corrected chi connectivity index (χ1v) is 10.2. The van der Waals surface area contributed by atoms with Crippen LogP contribution in [0.15, 0.2) is 0 Å². The fraction of sp³-hybridized carbons (Fsp3) is 0.950. The predicted molar refractivity (Wildman–Crippen MR) is 91.9 cm³/mol. The molecule has 5 heteroatoms. The molecule has 0 aromatic carbocycles. The Morgan fingerprint density at radius 2 is 1.84 bits per heavy atom. The predicted octanol–water partition coefficient (Wildman–Crippen LogP) is 3.85. The van der Waals surface area contributed by atoms with Crippen LogP contribution in [0.4, 0.5) is 0 Å². The Hall–Kier alpha value is -0.670. The fourth-order valence-corrected chi connectivity index (χ4v) is 5.29. The molecule has 3 aliphatic heterocycles. The summed E-state index contributed by atoms with van der Waals surface area (Å²) in [5.41, 5.74) is -0.290. The summed E-state index contributed by atoms with van der Waals surface area (Å²) in [7, 11) is 0. The molecular weight excluding hydrogens is 318 g/mol. The van der Waals surface area contributed by atoms with Gasteiger partial charge in [0.1, 0.15) is 6.10 Å². The zero-order valence-electron chi connectivity index (χ0n) is 15.4. The van der Waals surface area contributed by atoms with Gasteiger partial charge in [-0.1, -0.05) is 13.3 Å². The van der Waals surface area contributed by atoms with Crippen LogP contribution in [0.25, 0.3) is 0 Å². The summed E-state index contributed by atoms with van der Waals surface area (Å²) in [5, 5.41) is 8.89. The summed E-state index contributed by atoms with van der Waals surface area (Å²) in [6, 6.07) is 2.25. The molecule has 5 nitrogen and oxygen atoms in total. The number of fused-ring (bicyclic) bond motifs is 2. The standard InChI is InChI=1S/C20H31NO4/c1-2-19-13-16-17(25-20(24-16)10-4-3-5-11-20)14-22-18(19)9-8-15(23-19)7-6-12-21/h15-18H,2-11,13-14H2,1H3/t15?,16?,17-,18-,19?/m0/s1. The van der Waals surface area contributed by atoms with Crippen molar-refractivity contribution in [2.45, 2.75) is 113 Å². The summed E-state index contributed by atoms with van der Waals surface area (Å²) < 4.78 is 25.8. The van der Waals surface area contributed by atoms with Gasteiger partial charge in [-0.3, -0.25) is 0 Å². The molecule has 1 aliphatic carbocycles. The Morgan fingerprint density at radius 1 is 1.04 bits per heavy atom. The van der Waals surface area contributed by atoms with Crippen molar-refractivity contribution < 1.29 is 18.9 Å². The molecule has 1 saturated carbocycles. The second kappa shape index (κ2) is 7.15. The number of ether oxygens (including phenoxy) is 4. The maximum absolute atomic E-state index is 8.89. The molecule has 3 saturated heterocycles. The van der Waals surface area contributed by atoms with Crippen LogP contribution >= 0.6 is 0 Å². The molecule has 1 spiro atoms. The Balaban J connectivity index is 1.49. The molecule has 140 valence electrons. The van der Waals surface area contributed by atoms with Crippen molar-refractivity contribution in [1.82, 2.24) is 0 Å². The molecule has 5 atom stereocenters. The summed E-state index contributed by atoms with van der Waals surface area (Å²) >= 11 is 0. The first-order valence-electron chi connectivity index (χ1n) is 10.2. The van der Waals surface area contributed by atoms with Crippen LogP contribution in [-0.2, 0) is 18.9 Å². The van der Waals surface area contributed by atoms with E-state index in [0.29, 0.717) is 13.0 Å². The SMILES string of the molecule is CCC12CC3OC4(CCCCC4)O[C@H]3CO[C@H]1CCC(CCC#N)O2. The second-order valence-electron chi connectivity index (χ2n) is 8.24. The molecule has 3 unspecified atom stereocenters. The summed E-state index contributed by atoms with van der Waals surface area (Å²) in [6.45, 7) is 2.81. The average Bonchev–Trinajstić information content (AvgIpc) is 2.87. The van der Waals surface area contributed by atoms with E-state index in [2.05, 4.69) is 13.0 Å². The molecule has 4 aliphatic rings. The number of nitrogens with zero attached hydrogens (tertiary/aromatic N) is 1. The molecular formula is C20H31NO4. The first kappa shape index (κ1) is 17.7. The third-order valence-corrected chi connectivity index (χ3v) is 6.69. The average molecular weight is 349 g/mol. The van der Waals surface area contributed by atoms with Crippen molar-refractivity contribution in [2.24, 2.45) is 0 Å². The van der Waals surface area contributed by atoms with Gasteiger partial charge in [-0.05, 0) is 38.5 Å². The summed E-state index contributed by atoms with van der Waals surface area (Å²) in [6.07, 6.45) is 11.2. The Bertz CT molecular complexity index is 512. The van der Waals surface area contributed by atoms with Gasteiger partial charge in [-0.25, -0.2) is 0 Å². The number of hydrogen-bond acceptors (Lipinski definition) is 5. The summed E-state index contributed by atoms with van der Waals surface area (Å²) in [4.78, 5) is 0. The molecule has 0 aromatic heterocycles. The van der Waals surface area contributed by atoms with Crippen LogP contribution in [0.1, 0.15) is 77.6 Å². The topological polar surface area (TPSA) is 60.7 Å². The van der Waals surface area contributed by atoms with E-state index in [1.807, 2.05) is 0 Å².